The van der Waals surface area contributed by atoms with Gasteiger partial charge in [0.05, 0.1) is 5.56 Å². The molecule has 1 unspecified atom stereocenters. The van der Waals surface area contributed by atoms with Crippen LogP contribution >= 0.6 is 22.6 Å². The summed E-state index contributed by atoms with van der Waals surface area (Å²) in [7, 11) is 0. The summed E-state index contributed by atoms with van der Waals surface area (Å²) < 4.78 is 1.10. The molecule has 1 aromatic rings. The number of aryl methyl sites for hydroxylation is 1. The smallest absolute Gasteiger partial charge is 0.254 e. The summed E-state index contributed by atoms with van der Waals surface area (Å²) in [4.78, 5) is 14.8. The molecule has 2 fully saturated rings. The van der Waals surface area contributed by atoms with E-state index in [0.29, 0.717) is 6.04 Å². The molecule has 0 saturated carbocycles. The number of carbonyl (C=O) groups excluding carboxylic acids is 1. The maximum atomic E-state index is 12.7. The van der Waals surface area contributed by atoms with Gasteiger partial charge in [-0.25, -0.2) is 0 Å². The zero-order valence-corrected chi connectivity index (χ0v) is 14.7. The van der Waals surface area contributed by atoms with E-state index >= 15 is 0 Å². The van der Waals surface area contributed by atoms with Crippen LogP contribution in [0.4, 0.5) is 0 Å². The van der Waals surface area contributed by atoms with Crippen molar-refractivity contribution in [2.75, 3.05) is 19.6 Å². The molecule has 1 aromatic carbocycles. The minimum atomic E-state index is 0.209. The molecule has 1 N–H and O–H groups in total. The number of piperidine rings is 1. The third kappa shape index (κ3) is 3.26. The molecular weight excluding hydrogens is 375 g/mol. The SMILES string of the molecule is Cc1cccc(C(=O)N2CCC(C3CCCN3)CC2)c1I. The van der Waals surface area contributed by atoms with E-state index in [9.17, 15) is 4.79 Å². The molecule has 0 aliphatic carbocycles. The molecule has 1 amide bonds. The average molecular weight is 398 g/mol. The molecule has 3 rings (SSSR count). The van der Waals surface area contributed by atoms with Gasteiger partial charge in [0.2, 0.25) is 0 Å². The van der Waals surface area contributed by atoms with Crippen molar-refractivity contribution >= 4 is 28.5 Å². The van der Waals surface area contributed by atoms with Crippen LogP contribution in [-0.4, -0.2) is 36.5 Å². The molecule has 0 bridgehead atoms. The van der Waals surface area contributed by atoms with E-state index in [-0.39, 0.29) is 5.91 Å². The Morgan fingerprint density at radius 3 is 2.71 bits per heavy atom. The lowest BCUT2D eigenvalue weighted by atomic mass is 9.88. The second kappa shape index (κ2) is 6.65. The number of benzene rings is 1. The lowest BCUT2D eigenvalue weighted by Crippen LogP contribution is -2.43. The van der Waals surface area contributed by atoms with Gasteiger partial charge in [-0.3, -0.25) is 4.79 Å². The summed E-state index contributed by atoms with van der Waals surface area (Å²) in [6.07, 6.45) is 4.91. The van der Waals surface area contributed by atoms with Crippen LogP contribution in [0, 0.1) is 16.4 Å². The first-order valence-electron chi connectivity index (χ1n) is 7.94. The number of amides is 1. The number of nitrogens with zero attached hydrogens (tertiary/aromatic N) is 1. The Bertz CT molecular complexity index is 518. The number of hydrogen-bond donors (Lipinski definition) is 1. The Labute approximate surface area is 140 Å². The molecule has 2 aliphatic rings. The maximum Gasteiger partial charge on any atom is 0.254 e. The van der Waals surface area contributed by atoms with Crippen molar-refractivity contribution < 1.29 is 4.79 Å². The Hall–Kier alpha value is -0.620. The van der Waals surface area contributed by atoms with Gasteiger partial charge in [0, 0.05) is 22.7 Å². The first-order valence-corrected chi connectivity index (χ1v) is 9.02. The Morgan fingerprint density at radius 2 is 2.05 bits per heavy atom. The van der Waals surface area contributed by atoms with Crippen molar-refractivity contribution in [3.63, 3.8) is 0 Å². The molecule has 1 atom stereocenters. The maximum absolute atomic E-state index is 12.7. The van der Waals surface area contributed by atoms with E-state index in [1.807, 2.05) is 17.0 Å². The molecule has 3 nitrogen and oxygen atoms in total. The standard InChI is InChI=1S/C17H23IN2O/c1-12-4-2-5-14(16(12)18)17(21)20-10-7-13(8-11-20)15-6-3-9-19-15/h2,4-5,13,15,19H,3,6-11H2,1H3. The van der Waals surface area contributed by atoms with E-state index in [1.165, 1.54) is 24.9 Å². The molecule has 0 aromatic heterocycles. The fraction of sp³-hybridized carbons (Fsp3) is 0.588. The van der Waals surface area contributed by atoms with Crippen LogP contribution in [0.3, 0.4) is 0 Å². The number of nitrogens with one attached hydrogen (secondary N) is 1. The van der Waals surface area contributed by atoms with Gasteiger partial charge in [0.1, 0.15) is 0 Å². The van der Waals surface area contributed by atoms with Crippen LogP contribution in [0.2, 0.25) is 0 Å². The molecule has 21 heavy (non-hydrogen) atoms. The van der Waals surface area contributed by atoms with Gasteiger partial charge in [-0.1, -0.05) is 12.1 Å². The monoisotopic (exact) mass is 398 g/mol. The van der Waals surface area contributed by atoms with Gasteiger partial charge < -0.3 is 10.2 Å². The molecule has 4 heteroatoms. The van der Waals surface area contributed by atoms with Crippen molar-refractivity contribution in [1.82, 2.24) is 10.2 Å². The topological polar surface area (TPSA) is 32.3 Å². The highest BCUT2D eigenvalue weighted by Crippen LogP contribution is 2.27. The number of hydrogen-bond acceptors (Lipinski definition) is 2. The van der Waals surface area contributed by atoms with Crippen LogP contribution in [0.15, 0.2) is 18.2 Å². The lowest BCUT2D eigenvalue weighted by Gasteiger charge is -2.35. The summed E-state index contributed by atoms with van der Waals surface area (Å²) in [5.74, 6) is 0.967. The predicted molar refractivity (Wildman–Crippen MR) is 93.5 cm³/mol. The lowest BCUT2D eigenvalue weighted by molar-refractivity contribution is 0.0673. The number of carbonyl (C=O) groups is 1. The van der Waals surface area contributed by atoms with Crippen molar-refractivity contribution in [2.45, 2.75) is 38.6 Å². The molecule has 2 heterocycles. The van der Waals surface area contributed by atoms with Crippen LogP contribution < -0.4 is 5.32 Å². The molecule has 0 radical (unpaired) electrons. The zero-order valence-electron chi connectivity index (χ0n) is 12.6. The third-order valence-corrected chi connectivity index (χ3v) is 6.35. The largest absolute Gasteiger partial charge is 0.339 e. The Kier molecular flexibility index (Phi) is 4.84. The van der Waals surface area contributed by atoms with Gasteiger partial charge in [-0.2, -0.15) is 0 Å². The van der Waals surface area contributed by atoms with E-state index in [0.717, 1.165) is 41.0 Å². The van der Waals surface area contributed by atoms with E-state index < -0.39 is 0 Å². The first-order chi connectivity index (χ1) is 10.2. The van der Waals surface area contributed by atoms with Crippen molar-refractivity contribution in [1.29, 1.82) is 0 Å². The van der Waals surface area contributed by atoms with E-state index in [4.69, 9.17) is 0 Å². The minimum Gasteiger partial charge on any atom is -0.339 e. The summed E-state index contributed by atoms with van der Waals surface area (Å²) >= 11 is 2.29. The van der Waals surface area contributed by atoms with Gasteiger partial charge in [-0.05, 0) is 79.3 Å². The normalized spacial score (nSPS) is 23.5. The van der Waals surface area contributed by atoms with Crippen molar-refractivity contribution in [2.24, 2.45) is 5.92 Å². The zero-order chi connectivity index (χ0) is 14.8. The second-order valence-corrected chi connectivity index (χ2v) is 7.35. The number of rotatable bonds is 2. The molecular formula is C17H23IN2O. The summed E-state index contributed by atoms with van der Waals surface area (Å²) in [6.45, 7) is 5.05. The van der Waals surface area contributed by atoms with E-state index in [2.05, 4.69) is 40.9 Å². The minimum absolute atomic E-state index is 0.209. The van der Waals surface area contributed by atoms with Gasteiger partial charge in [-0.15, -0.1) is 0 Å². The fourth-order valence-corrected chi connectivity index (χ4v) is 4.19. The molecule has 114 valence electrons. The van der Waals surface area contributed by atoms with Crippen LogP contribution in [-0.2, 0) is 0 Å². The van der Waals surface area contributed by atoms with E-state index in [1.54, 1.807) is 0 Å². The van der Waals surface area contributed by atoms with Gasteiger partial charge in [0.15, 0.2) is 0 Å². The first kappa shape index (κ1) is 15.3. The molecule has 2 aliphatic heterocycles. The third-order valence-electron chi connectivity index (χ3n) is 4.92. The second-order valence-electron chi connectivity index (χ2n) is 6.27. The van der Waals surface area contributed by atoms with Crippen LogP contribution in [0.1, 0.15) is 41.6 Å². The molecule has 2 saturated heterocycles. The average Bonchev–Trinajstić information content (AvgIpc) is 3.04. The summed E-state index contributed by atoms with van der Waals surface area (Å²) in [6, 6.07) is 6.71. The Morgan fingerprint density at radius 1 is 1.29 bits per heavy atom. The number of halogens is 1. The van der Waals surface area contributed by atoms with Crippen LogP contribution in [0.25, 0.3) is 0 Å². The fourth-order valence-electron chi connectivity index (χ4n) is 3.60. The van der Waals surface area contributed by atoms with Gasteiger partial charge in [0.25, 0.3) is 5.91 Å². The molecule has 0 spiro atoms. The highest BCUT2D eigenvalue weighted by molar-refractivity contribution is 14.1. The highest BCUT2D eigenvalue weighted by Gasteiger charge is 2.30. The Balaban J connectivity index is 1.63. The predicted octanol–water partition coefficient (Wildman–Crippen LogP) is 3.20. The van der Waals surface area contributed by atoms with Gasteiger partial charge >= 0.3 is 0 Å². The van der Waals surface area contributed by atoms with Crippen molar-refractivity contribution in [3.05, 3.63) is 32.9 Å². The number of likely N-dealkylation sites (tertiary alicyclic amines) is 1. The summed E-state index contributed by atoms with van der Waals surface area (Å²) in [5, 5.41) is 3.61. The highest BCUT2D eigenvalue weighted by atomic mass is 127. The van der Waals surface area contributed by atoms with Crippen molar-refractivity contribution in [3.8, 4) is 0 Å². The van der Waals surface area contributed by atoms with Crippen LogP contribution in [0.5, 0.6) is 0 Å². The quantitative estimate of drug-likeness (QED) is 0.777. The summed E-state index contributed by atoms with van der Waals surface area (Å²) in [5.41, 5.74) is 2.06.